The van der Waals surface area contributed by atoms with Gasteiger partial charge in [0.05, 0.1) is 5.56 Å². The summed E-state index contributed by atoms with van der Waals surface area (Å²) in [4.78, 5) is 21.2. The van der Waals surface area contributed by atoms with Gasteiger partial charge >= 0.3 is 0 Å². The highest BCUT2D eigenvalue weighted by Crippen LogP contribution is 2.29. The van der Waals surface area contributed by atoms with E-state index in [9.17, 15) is 4.79 Å². The molecule has 0 spiro atoms. The molecule has 0 saturated heterocycles. The Hall–Kier alpha value is -3.21. The van der Waals surface area contributed by atoms with Gasteiger partial charge in [0.1, 0.15) is 0 Å². The smallest absolute Gasteiger partial charge is 0.258 e. The van der Waals surface area contributed by atoms with Gasteiger partial charge in [0.25, 0.3) is 5.91 Å². The van der Waals surface area contributed by atoms with E-state index in [0.717, 1.165) is 11.3 Å². The molecule has 0 atom stereocenters. The van der Waals surface area contributed by atoms with Crippen LogP contribution in [0.2, 0.25) is 0 Å². The largest absolute Gasteiger partial charge is 0.350 e. The molecule has 0 radical (unpaired) electrons. The predicted molar refractivity (Wildman–Crippen MR) is 114 cm³/mol. The number of para-hydroxylation sites is 1. The summed E-state index contributed by atoms with van der Waals surface area (Å²) in [6.07, 6.45) is 3.09. The molecule has 2 aromatic carbocycles. The molecule has 3 aromatic rings. The molecular weight excluding hydrogens is 348 g/mol. The van der Waals surface area contributed by atoms with Crippen LogP contribution in [-0.4, -0.2) is 15.9 Å². The highest BCUT2D eigenvalue weighted by molar-refractivity contribution is 6.04. The zero-order chi connectivity index (χ0) is 20.1. The number of hydrogen-bond donors (Lipinski definition) is 2. The number of rotatable bonds is 5. The molecule has 1 heterocycles. The number of carbonyl (C=O) groups is 1. The maximum Gasteiger partial charge on any atom is 0.258 e. The van der Waals surface area contributed by atoms with Gasteiger partial charge in [-0.25, -0.2) is 9.97 Å². The summed E-state index contributed by atoms with van der Waals surface area (Å²) in [5, 5.41) is 6.17. The van der Waals surface area contributed by atoms with Gasteiger partial charge in [0, 0.05) is 24.6 Å². The van der Waals surface area contributed by atoms with Gasteiger partial charge < -0.3 is 10.6 Å². The van der Waals surface area contributed by atoms with Gasteiger partial charge in [-0.3, -0.25) is 4.79 Å². The number of carbonyl (C=O) groups excluding carboxylic acids is 1. The van der Waals surface area contributed by atoms with Crippen LogP contribution in [0.25, 0.3) is 0 Å². The van der Waals surface area contributed by atoms with Crippen molar-refractivity contribution in [3.8, 4) is 0 Å². The molecule has 5 nitrogen and oxygen atoms in total. The minimum absolute atomic E-state index is 0.0658. The number of anilines is 2. The van der Waals surface area contributed by atoms with Gasteiger partial charge in [-0.15, -0.1) is 0 Å². The molecule has 3 rings (SSSR count). The SMILES string of the molecule is Cc1ccccc1CNc1ncc(C(=O)Nc2ccccc2C(C)(C)C)cn1. The van der Waals surface area contributed by atoms with Crippen LogP contribution in [0.1, 0.15) is 47.8 Å². The summed E-state index contributed by atoms with van der Waals surface area (Å²) in [6.45, 7) is 9.07. The van der Waals surface area contributed by atoms with Gasteiger partial charge in [0.2, 0.25) is 5.95 Å². The summed E-state index contributed by atoms with van der Waals surface area (Å²) in [5.74, 6) is 0.275. The number of aromatic nitrogens is 2. The van der Waals surface area contributed by atoms with Gasteiger partial charge in [-0.2, -0.15) is 0 Å². The van der Waals surface area contributed by atoms with Gasteiger partial charge in [0.15, 0.2) is 0 Å². The first-order valence-corrected chi connectivity index (χ1v) is 9.36. The first kappa shape index (κ1) is 19.5. The monoisotopic (exact) mass is 374 g/mol. The zero-order valence-electron chi connectivity index (χ0n) is 16.8. The molecule has 0 aliphatic carbocycles. The van der Waals surface area contributed by atoms with E-state index < -0.39 is 0 Å². The first-order valence-electron chi connectivity index (χ1n) is 9.36. The van der Waals surface area contributed by atoms with E-state index >= 15 is 0 Å². The van der Waals surface area contributed by atoms with Crippen LogP contribution in [0.3, 0.4) is 0 Å². The summed E-state index contributed by atoms with van der Waals surface area (Å²) in [5.41, 5.74) is 4.65. The second-order valence-electron chi connectivity index (χ2n) is 7.83. The quantitative estimate of drug-likeness (QED) is 0.663. The molecule has 0 bridgehead atoms. The van der Waals surface area contributed by atoms with Crippen LogP contribution >= 0.6 is 0 Å². The van der Waals surface area contributed by atoms with Crippen LogP contribution in [0, 0.1) is 6.92 Å². The third-order valence-electron chi connectivity index (χ3n) is 4.60. The maximum atomic E-state index is 12.6. The molecule has 1 amide bonds. The van der Waals surface area contributed by atoms with Crippen molar-refractivity contribution in [2.75, 3.05) is 10.6 Å². The van der Waals surface area contributed by atoms with Crippen LogP contribution in [0.15, 0.2) is 60.9 Å². The number of nitrogens with zero attached hydrogens (tertiary/aromatic N) is 2. The van der Waals surface area contributed by atoms with Crippen LogP contribution in [0.5, 0.6) is 0 Å². The fourth-order valence-electron chi connectivity index (χ4n) is 2.96. The van der Waals surface area contributed by atoms with Crippen molar-refractivity contribution in [2.24, 2.45) is 0 Å². The van der Waals surface area contributed by atoms with E-state index in [2.05, 4.69) is 60.4 Å². The summed E-state index contributed by atoms with van der Waals surface area (Å²) in [7, 11) is 0. The minimum Gasteiger partial charge on any atom is -0.350 e. The van der Waals surface area contributed by atoms with Crippen LogP contribution in [0.4, 0.5) is 11.6 Å². The Morgan fingerprint density at radius 3 is 2.29 bits per heavy atom. The van der Waals surface area contributed by atoms with E-state index in [1.165, 1.54) is 11.1 Å². The molecule has 1 aromatic heterocycles. The molecule has 2 N–H and O–H groups in total. The summed E-state index contributed by atoms with van der Waals surface area (Å²) < 4.78 is 0. The number of aryl methyl sites for hydroxylation is 1. The molecule has 0 aliphatic heterocycles. The number of nitrogens with one attached hydrogen (secondary N) is 2. The summed E-state index contributed by atoms with van der Waals surface area (Å²) >= 11 is 0. The lowest BCUT2D eigenvalue weighted by Gasteiger charge is -2.23. The zero-order valence-corrected chi connectivity index (χ0v) is 16.8. The van der Waals surface area contributed by atoms with Crippen molar-refractivity contribution in [1.82, 2.24) is 9.97 Å². The number of benzene rings is 2. The Bertz CT molecular complexity index is 959. The van der Waals surface area contributed by atoms with E-state index in [-0.39, 0.29) is 11.3 Å². The lowest BCUT2D eigenvalue weighted by atomic mass is 9.86. The third kappa shape index (κ3) is 4.74. The van der Waals surface area contributed by atoms with Crippen molar-refractivity contribution in [3.63, 3.8) is 0 Å². The highest BCUT2D eigenvalue weighted by atomic mass is 16.1. The van der Waals surface area contributed by atoms with Crippen molar-refractivity contribution in [1.29, 1.82) is 0 Å². The molecule has 0 fully saturated rings. The van der Waals surface area contributed by atoms with Crippen molar-refractivity contribution >= 4 is 17.5 Å². The van der Waals surface area contributed by atoms with E-state index in [4.69, 9.17) is 0 Å². The van der Waals surface area contributed by atoms with Crippen molar-refractivity contribution < 1.29 is 4.79 Å². The molecule has 0 aliphatic rings. The van der Waals surface area contributed by atoms with E-state index in [1.807, 2.05) is 36.4 Å². The van der Waals surface area contributed by atoms with Gasteiger partial charge in [-0.1, -0.05) is 63.2 Å². The summed E-state index contributed by atoms with van der Waals surface area (Å²) in [6, 6.07) is 16.0. The lowest BCUT2D eigenvalue weighted by molar-refractivity contribution is 0.102. The Labute approximate surface area is 166 Å². The molecule has 0 saturated carbocycles. The minimum atomic E-state index is -0.220. The van der Waals surface area contributed by atoms with Gasteiger partial charge in [-0.05, 0) is 35.1 Å². The second kappa shape index (κ2) is 8.21. The second-order valence-corrected chi connectivity index (χ2v) is 7.83. The first-order chi connectivity index (χ1) is 13.3. The topological polar surface area (TPSA) is 66.9 Å². The maximum absolute atomic E-state index is 12.6. The number of amides is 1. The molecule has 144 valence electrons. The molecule has 5 heteroatoms. The lowest BCUT2D eigenvalue weighted by Crippen LogP contribution is -2.19. The number of hydrogen-bond acceptors (Lipinski definition) is 4. The van der Waals surface area contributed by atoms with Crippen molar-refractivity contribution in [2.45, 2.75) is 39.7 Å². The fourth-order valence-corrected chi connectivity index (χ4v) is 2.96. The Morgan fingerprint density at radius 2 is 1.61 bits per heavy atom. The highest BCUT2D eigenvalue weighted by Gasteiger charge is 2.19. The fraction of sp³-hybridized carbons (Fsp3) is 0.261. The normalized spacial score (nSPS) is 11.1. The Morgan fingerprint density at radius 1 is 0.964 bits per heavy atom. The third-order valence-corrected chi connectivity index (χ3v) is 4.60. The molecular formula is C23H26N4O. The molecule has 0 unspecified atom stereocenters. The Balaban J connectivity index is 1.67. The van der Waals surface area contributed by atoms with E-state index in [0.29, 0.717) is 18.1 Å². The standard InChI is InChI=1S/C23H26N4O/c1-16-9-5-6-10-17(16)13-24-22-25-14-18(15-26-22)21(28)27-20-12-8-7-11-19(20)23(2,3)4/h5-12,14-15H,13H2,1-4H3,(H,27,28)(H,24,25,26). The Kier molecular flexibility index (Phi) is 5.73. The van der Waals surface area contributed by atoms with E-state index in [1.54, 1.807) is 12.4 Å². The average molecular weight is 374 g/mol. The average Bonchev–Trinajstić information content (AvgIpc) is 2.67. The molecule has 28 heavy (non-hydrogen) atoms. The van der Waals surface area contributed by atoms with Crippen molar-refractivity contribution in [3.05, 3.63) is 83.2 Å². The van der Waals surface area contributed by atoms with Crippen LogP contribution < -0.4 is 10.6 Å². The predicted octanol–water partition coefficient (Wildman–Crippen LogP) is 4.95. The van der Waals surface area contributed by atoms with Crippen LogP contribution in [-0.2, 0) is 12.0 Å².